The van der Waals surface area contributed by atoms with Crippen molar-refractivity contribution in [1.82, 2.24) is 0 Å². The Balaban J connectivity index is 5.17. The normalized spacial score (nSPS) is 10.9. The second-order valence-corrected chi connectivity index (χ2v) is 14.2. The lowest BCUT2D eigenvalue weighted by Crippen LogP contribution is -2.23. The minimum atomic E-state index is -1.79. The van der Waals surface area contributed by atoms with Crippen LogP contribution in [0.4, 0.5) is 0 Å². The van der Waals surface area contributed by atoms with E-state index in [0.29, 0.717) is 0 Å². The maximum Gasteiger partial charge on any atom is 0.257 e. The monoisotopic (exact) mass is 283 g/mol. The molecular weight excluding hydrogens is 264 g/mol. The largest absolute Gasteiger partial charge is 0.257 e. The average molecular weight is 284 g/mol. The minimum absolute atomic E-state index is 1.11. The lowest BCUT2D eigenvalue weighted by atomic mass is 10.8. The standard InChI is InChI=1S/C15H19Si3/c1-8-11-16(12-14-17(4,5)9-2)13-15-18(6,7)10-3/h2-3,8,11H,1,4-7H3. The molecule has 0 bridgehead atoms. The molecule has 1 radical (unpaired) electrons. The van der Waals surface area contributed by atoms with Crippen LogP contribution in [0.3, 0.4) is 0 Å². The van der Waals surface area contributed by atoms with Crippen molar-refractivity contribution in [2.45, 2.75) is 33.1 Å². The molecule has 0 unspecified atom stereocenters. The second kappa shape index (κ2) is 7.15. The summed E-state index contributed by atoms with van der Waals surface area (Å²) in [5, 5.41) is 0. The molecule has 0 aliphatic carbocycles. The molecule has 91 valence electrons. The van der Waals surface area contributed by atoms with Crippen molar-refractivity contribution in [3.63, 3.8) is 0 Å². The molecule has 0 aromatic heterocycles. The minimum Gasteiger partial charge on any atom is -0.126 e. The van der Waals surface area contributed by atoms with Gasteiger partial charge in [0.2, 0.25) is 16.1 Å². The van der Waals surface area contributed by atoms with E-state index in [2.05, 4.69) is 65.1 Å². The van der Waals surface area contributed by atoms with E-state index in [0.717, 1.165) is 0 Å². The molecule has 0 spiro atoms. The van der Waals surface area contributed by atoms with Gasteiger partial charge in [0.15, 0.2) is 0 Å². The fourth-order valence-electron chi connectivity index (χ4n) is 0.801. The third-order valence-electron chi connectivity index (χ3n) is 2.07. The fraction of sp³-hybridized carbons (Fsp3) is 0.333. The first-order valence-corrected chi connectivity index (χ1v) is 13.4. The summed E-state index contributed by atoms with van der Waals surface area (Å²) in [6, 6.07) is 0. The highest BCUT2D eigenvalue weighted by Crippen LogP contribution is 1.98. The Morgan fingerprint density at radius 2 is 1.28 bits per heavy atom. The summed E-state index contributed by atoms with van der Waals surface area (Å²) in [6.45, 7) is 10.3. The Hall–Kier alpha value is -1.37. The zero-order valence-electron chi connectivity index (χ0n) is 11.8. The third kappa shape index (κ3) is 7.05. The summed E-state index contributed by atoms with van der Waals surface area (Å²) in [6.07, 6.45) is 13.0. The predicted molar refractivity (Wildman–Crippen MR) is 88.8 cm³/mol. The number of hydrogen-bond donors (Lipinski definition) is 0. The van der Waals surface area contributed by atoms with Crippen molar-refractivity contribution < 1.29 is 0 Å². The molecule has 0 N–H and O–H groups in total. The average Bonchev–Trinajstić information content (AvgIpc) is 2.33. The van der Waals surface area contributed by atoms with Crippen LogP contribution in [0, 0.1) is 46.1 Å². The molecule has 0 aliphatic heterocycles. The van der Waals surface area contributed by atoms with Gasteiger partial charge in [-0.25, -0.2) is 0 Å². The molecule has 18 heavy (non-hydrogen) atoms. The zero-order valence-corrected chi connectivity index (χ0v) is 14.8. The van der Waals surface area contributed by atoms with Gasteiger partial charge in [-0.2, -0.15) is 0 Å². The Kier molecular flexibility index (Phi) is 6.61. The molecular formula is C15H19Si3. The highest BCUT2D eigenvalue weighted by atomic mass is 28.3. The van der Waals surface area contributed by atoms with Crippen molar-refractivity contribution in [2.24, 2.45) is 0 Å². The molecule has 0 atom stereocenters. The summed E-state index contributed by atoms with van der Waals surface area (Å²) in [7, 11) is -4.69. The maximum atomic E-state index is 5.48. The van der Waals surface area contributed by atoms with E-state index >= 15 is 0 Å². The maximum absolute atomic E-state index is 5.48. The topological polar surface area (TPSA) is 0 Å². The first-order chi connectivity index (χ1) is 8.26. The van der Waals surface area contributed by atoms with Crippen molar-refractivity contribution in [3.05, 3.63) is 11.8 Å². The quantitative estimate of drug-likeness (QED) is 0.512. The Morgan fingerprint density at radius 1 is 0.889 bits per heavy atom. The first-order valence-electron chi connectivity index (χ1n) is 5.78. The molecule has 0 fully saturated rings. The second-order valence-electron chi connectivity index (χ2n) is 4.95. The van der Waals surface area contributed by atoms with Gasteiger partial charge < -0.3 is 0 Å². The fourth-order valence-corrected chi connectivity index (χ4v) is 5.08. The summed E-state index contributed by atoms with van der Waals surface area (Å²) < 4.78 is 0. The van der Waals surface area contributed by atoms with E-state index in [9.17, 15) is 0 Å². The number of hydrogen-bond acceptors (Lipinski definition) is 0. The van der Waals surface area contributed by atoms with Gasteiger partial charge in [0.1, 0.15) is 0 Å². The van der Waals surface area contributed by atoms with Crippen molar-refractivity contribution in [1.29, 1.82) is 0 Å². The lowest BCUT2D eigenvalue weighted by Gasteiger charge is -2.04. The van der Waals surface area contributed by atoms with Crippen LogP contribution in [0.2, 0.25) is 26.2 Å². The van der Waals surface area contributed by atoms with Crippen LogP contribution >= 0.6 is 0 Å². The van der Waals surface area contributed by atoms with Gasteiger partial charge in [0, 0.05) is 0 Å². The van der Waals surface area contributed by atoms with Crippen LogP contribution in [0.25, 0.3) is 0 Å². The number of terminal acetylenes is 2. The summed E-state index contributed by atoms with van der Waals surface area (Å²) in [5.74, 6) is 0. The van der Waals surface area contributed by atoms with E-state index in [4.69, 9.17) is 12.8 Å². The van der Waals surface area contributed by atoms with Crippen molar-refractivity contribution in [2.75, 3.05) is 0 Å². The van der Waals surface area contributed by atoms with Gasteiger partial charge in [-0.15, -0.1) is 46.1 Å². The molecule has 0 aliphatic rings. The van der Waals surface area contributed by atoms with Gasteiger partial charge in [0.25, 0.3) is 8.80 Å². The van der Waals surface area contributed by atoms with Gasteiger partial charge in [-0.3, -0.25) is 0 Å². The van der Waals surface area contributed by atoms with Crippen LogP contribution in [0.1, 0.15) is 6.92 Å². The number of rotatable bonds is 1. The third-order valence-corrected chi connectivity index (χ3v) is 6.97. The SMILES string of the molecule is C#C[Si](C)(C)C#C[Si](C#C[Si](C)(C)C#C)C=CC. The summed E-state index contributed by atoms with van der Waals surface area (Å²) in [5.41, 5.74) is 20.8. The van der Waals surface area contributed by atoms with Gasteiger partial charge in [0.05, 0.1) is 0 Å². The van der Waals surface area contributed by atoms with E-state index in [1.54, 1.807) is 0 Å². The molecule has 0 heterocycles. The molecule has 0 nitrogen and oxygen atoms in total. The van der Waals surface area contributed by atoms with Gasteiger partial charge in [-0.05, 0) is 33.1 Å². The van der Waals surface area contributed by atoms with Crippen LogP contribution in [0.5, 0.6) is 0 Å². The Morgan fingerprint density at radius 3 is 1.56 bits per heavy atom. The van der Waals surface area contributed by atoms with Crippen LogP contribution in [-0.4, -0.2) is 24.9 Å². The Bertz CT molecular complexity index is 473. The van der Waals surface area contributed by atoms with Crippen LogP contribution < -0.4 is 0 Å². The molecule has 0 saturated heterocycles. The first kappa shape index (κ1) is 16.6. The number of allylic oxidation sites excluding steroid dienone is 1. The lowest BCUT2D eigenvalue weighted by molar-refractivity contribution is 1.78. The van der Waals surface area contributed by atoms with Crippen LogP contribution in [-0.2, 0) is 0 Å². The predicted octanol–water partition coefficient (Wildman–Crippen LogP) is 2.52. The summed E-state index contributed by atoms with van der Waals surface area (Å²) >= 11 is 0. The van der Waals surface area contributed by atoms with E-state index in [1.165, 1.54) is 0 Å². The highest BCUT2D eigenvalue weighted by molar-refractivity contribution is 6.95. The molecule has 0 saturated carbocycles. The van der Waals surface area contributed by atoms with E-state index in [-0.39, 0.29) is 0 Å². The van der Waals surface area contributed by atoms with Crippen molar-refractivity contribution in [3.8, 4) is 46.1 Å². The summed E-state index contributed by atoms with van der Waals surface area (Å²) in [4.78, 5) is 0. The highest BCUT2D eigenvalue weighted by Gasteiger charge is 2.15. The van der Waals surface area contributed by atoms with E-state index in [1.807, 2.05) is 13.0 Å². The Labute approximate surface area is 116 Å². The van der Waals surface area contributed by atoms with Crippen LogP contribution in [0.15, 0.2) is 11.8 Å². The zero-order chi connectivity index (χ0) is 14.2. The molecule has 0 rings (SSSR count). The molecule has 3 heteroatoms. The smallest absolute Gasteiger partial charge is 0.126 e. The van der Waals surface area contributed by atoms with Crippen molar-refractivity contribution >= 4 is 24.9 Å². The van der Waals surface area contributed by atoms with Gasteiger partial charge in [-0.1, -0.05) is 11.8 Å². The molecule has 0 amide bonds. The van der Waals surface area contributed by atoms with Gasteiger partial charge >= 0.3 is 0 Å². The molecule has 0 aromatic carbocycles. The van der Waals surface area contributed by atoms with E-state index < -0.39 is 24.9 Å². The molecule has 0 aromatic rings.